The van der Waals surface area contributed by atoms with E-state index in [1.807, 2.05) is 0 Å². The van der Waals surface area contributed by atoms with Gasteiger partial charge in [0.2, 0.25) is 0 Å². The van der Waals surface area contributed by atoms with Crippen LogP contribution < -0.4 is 0 Å². The molecule has 0 aliphatic heterocycles. The summed E-state index contributed by atoms with van der Waals surface area (Å²) in [7, 11) is 0. The normalized spacial score (nSPS) is 13.7. The van der Waals surface area contributed by atoms with E-state index >= 15 is 0 Å². The van der Waals surface area contributed by atoms with Gasteiger partial charge in [-0.15, -0.1) is 0 Å². The average Bonchev–Trinajstić information content (AvgIpc) is 2.72. The van der Waals surface area contributed by atoms with Crippen molar-refractivity contribution in [2.75, 3.05) is 0 Å². The lowest BCUT2D eigenvalue weighted by atomic mass is 9.78. The third-order valence-corrected chi connectivity index (χ3v) is 3.93. The molecule has 0 aliphatic carbocycles. The van der Waals surface area contributed by atoms with Gasteiger partial charge in [0.25, 0.3) is 0 Å². The Morgan fingerprint density at radius 3 is 2.68 bits per heavy atom. The summed E-state index contributed by atoms with van der Waals surface area (Å²) in [5, 5.41) is 0.411. The van der Waals surface area contributed by atoms with Crippen LogP contribution in [0.15, 0.2) is 24.4 Å². The van der Waals surface area contributed by atoms with E-state index in [2.05, 4.69) is 32.7 Å². The quantitative estimate of drug-likeness (QED) is 0.807. The molecule has 1 heterocycles. The van der Waals surface area contributed by atoms with Gasteiger partial charge in [-0.25, -0.2) is 4.39 Å². The van der Waals surface area contributed by atoms with Crippen LogP contribution in [0.2, 0.25) is 0 Å². The van der Waals surface area contributed by atoms with Crippen molar-refractivity contribution in [3.8, 4) is 0 Å². The van der Waals surface area contributed by atoms with Crippen molar-refractivity contribution in [1.29, 1.82) is 0 Å². The summed E-state index contributed by atoms with van der Waals surface area (Å²) in [6.07, 6.45) is 2.05. The highest BCUT2D eigenvalue weighted by Crippen LogP contribution is 2.31. The topological polar surface area (TPSA) is 32.9 Å². The molecule has 19 heavy (non-hydrogen) atoms. The molecule has 3 heteroatoms. The summed E-state index contributed by atoms with van der Waals surface area (Å²) in [6.45, 7) is 8.39. The van der Waals surface area contributed by atoms with E-state index in [1.165, 1.54) is 6.07 Å². The van der Waals surface area contributed by atoms with Gasteiger partial charge in [0.1, 0.15) is 5.82 Å². The predicted octanol–water partition coefficient (Wildman–Crippen LogP) is 4.56. The SMILES string of the molecule is CC(CC(=O)c1c[nH]c2cccc(F)c12)C(C)(C)C. The number of carbonyl (C=O) groups is 1. The van der Waals surface area contributed by atoms with Crippen LogP contribution in [0.5, 0.6) is 0 Å². The zero-order chi connectivity index (χ0) is 14.2. The zero-order valence-electron chi connectivity index (χ0n) is 11.9. The highest BCUT2D eigenvalue weighted by molar-refractivity contribution is 6.08. The van der Waals surface area contributed by atoms with Crippen LogP contribution in [-0.2, 0) is 0 Å². The van der Waals surface area contributed by atoms with Crippen molar-refractivity contribution in [2.24, 2.45) is 11.3 Å². The second-order valence-electron chi connectivity index (χ2n) is 6.26. The van der Waals surface area contributed by atoms with Gasteiger partial charge < -0.3 is 4.98 Å². The smallest absolute Gasteiger partial charge is 0.165 e. The van der Waals surface area contributed by atoms with E-state index in [9.17, 15) is 9.18 Å². The third kappa shape index (κ3) is 2.70. The maximum atomic E-state index is 13.8. The molecule has 1 N–H and O–H groups in total. The Hall–Kier alpha value is -1.64. The molecule has 1 unspecified atom stereocenters. The first-order valence-electron chi connectivity index (χ1n) is 6.59. The number of hydrogen-bond donors (Lipinski definition) is 1. The lowest BCUT2D eigenvalue weighted by molar-refractivity contribution is 0.0928. The molecule has 0 saturated carbocycles. The minimum atomic E-state index is -0.342. The fourth-order valence-electron chi connectivity index (χ4n) is 2.05. The number of carbonyl (C=O) groups excluding carboxylic acids is 1. The Morgan fingerprint density at radius 1 is 1.37 bits per heavy atom. The minimum absolute atomic E-state index is 0.00113. The van der Waals surface area contributed by atoms with Crippen LogP contribution in [-0.4, -0.2) is 10.8 Å². The summed E-state index contributed by atoms with van der Waals surface area (Å²) in [4.78, 5) is 15.3. The van der Waals surface area contributed by atoms with E-state index in [0.717, 1.165) is 0 Å². The fraction of sp³-hybridized carbons (Fsp3) is 0.438. The van der Waals surface area contributed by atoms with Gasteiger partial charge in [-0.1, -0.05) is 33.8 Å². The van der Waals surface area contributed by atoms with E-state index in [-0.39, 0.29) is 22.9 Å². The highest BCUT2D eigenvalue weighted by atomic mass is 19.1. The molecule has 2 nitrogen and oxygen atoms in total. The maximum absolute atomic E-state index is 13.8. The van der Waals surface area contributed by atoms with Crippen molar-refractivity contribution in [1.82, 2.24) is 4.98 Å². The van der Waals surface area contributed by atoms with Gasteiger partial charge >= 0.3 is 0 Å². The molecule has 0 fully saturated rings. The van der Waals surface area contributed by atoms with Gasteiger partial charge in [0.05, 0.1) is 0 Å². The molecule has 0 spiro atoms. The molecular formula is C16H20FNO. The van der Waals surface area contributed by atoms with Crippen LogP contribution in [0.25, 0.3) is 10.9 Å². The molecule has 0 saturated heterocycles. The summed E-state index contributed by atoms with van der Waals surface area (Å²) in [5.74, 6) is -0.0963. The molecule has 1 atom stereocenters. The summed E-state index contributed by atoms with van der Waals surface area (Å²) >= 11 is 0. The number of ketones is 1. The van der Waals surface area contributed by atoms with Gasteiger partial charge in [-0.3, -0.25) is 4.79 Å². The molecule has 0 bridgehead atoms. The molecular weight excluding hydrogens is 241 g/mol. The molecule has 0 aliphatic rings. The average molecular weight is 261 g/mol. The lowest BCUT2D eigenvalue weighted by Crippen LogP contribution is -2.20. The lowest BCUT2D eigenvalue weighted by Gasteiger charge is -2.26. The number of H-pyrrole nitrogens is 1. The maximum Gasteiger partial charge on any atom is 0.165 e. The van der Waals surface area contributed by atoms with Gasteiger partial charge in [-0.2, -0.15) is 0 Å². The standard InChI is InChI=1S/C16H20FNO/c1-10(16(2,3)4)8-14(19)11-9-18-13-7-5-6-12(17)15(11)13/h5-7,9-10,18H,8H2,1-4H3. The number of rotatable bonds is 3. The first-order chi connectivity index (χ1) is 8.80. The monoisotopic (exact) mass is 261 g/mol. The number of benzene rings is 1. The number of Topliss-reactive ketones (excluding diaryl/α,β-unsaturated/α-hetero) is 1. The fourth-order valence-corrected chi connectivity index (χ4v) is 2.05. The van der Waals surface area contributed by atoms with Crippen LogP contribution in [0.1, 0.15) is 44.5 Å². The van der Waals surface area contributed by atoms with E-state index in [4.69, 9.17) is 0 Å². The highest BCUT2D eigenvalue weighted by Gasteiger charge is 2.24. The number of fused-ring (bicyclic) bond motifs is 1. The van der Waals surface area contributed by atoms with Crippen LogP contribution in [0, 0.1) is 17.2 Å². The van der Waals surface area contributed by atoms with Crippen LogP contribution in [0.4, 0.5) is 4.39 Å². The number of aromatic nitrogens is 1. The van der Waals surface area contributed by atoms with Crippen LogP contribution in [0.3, 0.4) is 0 Å². The summed E-state index contributed by atoms with van der Waals surface area (Å²) < 4.78 is 13.8. The van der Waals surface area contributed by atoms with Gasteiger partial charge in [-0.05, 0) is 23.5 Å². The van der Waals surface area contributed by atoms with Crippen LogP contribution >= 0.6 is 0 Å². The first-order valence-corrected chi connectivity index (χ1v) is 6.59. The van der Waals surface area contributed by atoms with Gasteiger partial charge in [0, 0.05) is 29.1 Å². The predicted molar refractivity (Wildman–Crippen MR) is 75.8 cm³/mol. The minimum Gasteiger partial charge on any atom is -0.360 e. The number of nitrogens with one attached hydrogen (secondary N) is 1. The molecule has 0 amide bonds. The molecule has 1 aromatic carbocycles. The molecule has 2 aromatic rings. The molecule has 2 rings (SSSR count). The van der Waals surface area contributed by atoms with Crippen molar-refractivity contribution in [2.45, 2.75) is 34.1 Å². The first kappa shape index (κ1) is 13.8. The van der Waals surface area contributed by atoms with Crippen molar-refractivity contribution >= 4 is 16.7 Å². The zero-order valence-corrected chi connectivity index (χ0v) is 11.9. The summed E-state index contributed by atoms with van der Waals surface area (Å²) in [5.41, 5.74) is 1.20. The number of halogens is 1. The van der Waals surface area contributed by atoms with E-state index in [0.29, 0.717) is 22.9 Å². The second kappa shape index (κ2) is 4.80. The van der Waals surface area contributed by atoms with Crippen molar-refractivity contribution in [3.05, 3.63) is 35.8 Å². The Kier molecular flexibility index (Phi) is 3.48. The Balaban J connectivity index is 2.33. The van der Waals surface area contributed by atoms with E-state index in [1.54, 1.807) is 18.3 Å². The third-order valence-electron chi connectivity index (χ3n) is 3.93. The molecule has 102 valence electrons. The van der Waals surface area contributed by atoms with Crippen molar-refractivity contribution in [3.63, 3.8) is 0 Å². The Bertz CT molecular complexity index is 607. The second-order valence-corrected chi connectivity index (χ2v) is 6.26. The van der Waals surface area contributed by atoms with E-state index < -0.39 is 0 Å². The largest absolute Gasteiger partial charge is 0.360 e. The number of hydrogen-bond acceptors (Lipinski definition) is 1. The molecule has 1 aromatic heterocycles. The molecule has 0 radical (unpaired) electrons. The Morgan fingerprint density at radius 2 is 2.05 bits per heavy atom. The number of aromatic amines is 1. The van der Waals surface area contributed by atoms with Crippen molar-refractivity contribution < 1.29 is 9.18 Å². The van der Waals surface area contributed by atoms with Gasteiger partial charge in [0.15, 0.2) is 5.78 Å². The summed E-state index contributed by atoms with van der Waals surface area (Å²) in [6, 6.07) is 4.81. The Labute approximate surface area is 113 Å².